The Morgan fingerprint density at radius 3 is 2.37 bits per heavy atom. The molecule has 14 nitrogen and oxygen atoms in total. The van der Waals surface area contributed by atoms with Crippen molar-refractivity contribution >= 4 is 59.1 Å². The first-order valence-electron chi connectivity index (χ1n) is 22.3. The van der Waals surface area contributed by atoms with Crippen LogP contribution in [0.15, 0.2) is 72.0 Å². The molecule has 1 unspecified atom stereocenters. The monoisotopic (exact) mass is 862 g/mol. The number of piperazine rings is 1. The molecule has 1 atom stereocenters. The highest BCUT2D eigenvalue weighted by Crippen LogP contribution is 2.31. The summed E-state index contributed by atoms with van der Waals surface area (Å²) in [6.07, 6.45) is 19.6. The number of piperidine rings is 2. The Bertz CT molecular complexity index is 2080. The average molecular weight is 863 g/mol. The van der Waals surface area contributed by atoms with E-state index in [-0.39, 0.29) is 30.6 Å². The zero-order chi connectivity index (χ0) is 43.3. The highest BCUT2D eigenvalue weighted by molar-refractivity contribution is 7.99. The Morgan fingerprint density at radius 2 is 1.61 bits per heavy atom. The van der Waals surface area contributed by atoms with Gasteiger partial charge in [-0.15, -0.1) is 11.8 Å². The summed E-state index contributed by atoms with van der Waals surface area (Å²) in [6.45, 7) is 7.10. The lowest BCUT2D eigenvalue weighted by Gasteiger charge is -2.35. The molecular formula is C47H58N8O6S. The van der Waals surface area contributed by atoms with Gasteiger partial charge in [-0.2, -0.15) is 0 Å². The van der Waals surface area contributed by atoms with Gasteiger partial charge in [0.25, 0.3) is 17.7 Å². The Hall–Kier alpha value is -5.41. The number of thioether (sulfide) groups is 1. The minimum absolute atomic E-state index is 0.0604. The average Bonchev–Trinajstić information content (AvgIpc) is 3.54. The molecule has 0 bridgehead atoms. The normalized spacial score (nSPS) is 18.7. The minimum atomic E-state index is -0.952. The van der Waals surface area contributed by atoms with Crippen molar-refractivity contribution < 1.29 is 28.8 Å². The Balaban J connectivity index is 0.709. The third-order valence-corrected chi connectivity index (χ3v) is 13.4. The first-order valence-corrected chi connectivity index (χ1v) is 23.3. The number of hydrogen-bond acceptors (Lipinski definition) is 11. The number of aromatic nitrogens is 2. The van der Waals surface area contributed by atoms with Gasteiger partial charge < -0.3 is 15.1 Å². The number of pyridine rings is 2. The molecule has 0 aliphatic carbocycles. The maximum absolute atomic E-state index is 13.3. The van der Waals surface area contributed by atoms with Crippen LogP contribution in [0.4, 0.5) is 5.82 Å². The molecule has 6 amide bonds. The number of nitrogens with one attached hydrogen (secondary N) is 2. The molecule has 1 aromatic carbocycles. The van der Waals surface area contributed by atoms with Crippen molar-refractivity contribution in [3.8, 4) is 0 Å². The Morgan fingerprint density at radius 1 is 0.823 bits per heavy atom. The number of carbonyl (C=O) groups is 6. The minimum Gasteiger partial charge on any atom is -0.354 e. The number of likely N-dealkylation sites (tertiary alicyclic amines) is 1. The van der Waals surface area contributed by atoms with Gasteiger partial charge in [0.15, 0.2) is 0 Å². The summed E-state index contributed by atoms with van der Waals surface area (Å²) in [5.74, 6) is 0.486. The SMILES string of the molecule is O=C(/C=C/c1cccnc1)NCCCCC1CCN(C(=O)c2ccc(N3CCN(CCCCCCCSc4ccc5c(c4)C(=O)N(C4CCC(=O)NC4=O)C5=O)CC3)nc2)CC1. The van der Waals surface area contributed by atoms with E-state index >= 15 is 0 Å². The molecule has 0 radical (unpaired) electrons. The molecule has 3 saturated heterocycles. The van der Waals surface area contributed by atoms with E-state index in [0.717, 1.165) is 124 Å². The summed E-state index contributed by atoms with van der Waals surface area (Å²) in [5.41, 5.74) is 2.18. The maximum Gasteiger partial charge on any atom is 0.262 e. The summed E-state index contributed by atoms with van der Waals surface area (Å²) in [7, 11) is 0. The summed E-state index contributed by atoms with van der Waals surface area (Å²) < 4.78 is 0. The fourth-order valence-corrected chi connectivity index (χ4v) is 9.63. The number of amides is 6. The third kappa shape index (κ3) is 11.9. The predicted molar refractivity (Wildman–Crippen MR) is 239 cm³/mol. The van der Waals surface area contributed by atoms with E-state index < -0.39 is 23.8 Å². The van der Waals surface area contributed by atoms with E-state index in [1.807, 2.05) is 35.2 Å². The zero-order valence-electron chi connectivity index (χ0n) is 35.5. The van der Waals surface area contributed by atoms with Crippen LogP contribution in [0.3, 0.4) is 0 Å². The molecule has 2 aromatic heterocycles. The van der Waals surface area contributed by atoms with Crippen LogP contribution < -0.4 is 15.5 Å². The number of unbranched alkanes of at least 4 members (excludes halogenated alkanes) is 5. The Labute approximate surface area is 368 Å². The lowest BCUT2D eigenvalue weighted by molar-refractivity contribution is -0.136. The van der Waals surface area contributed by atoms with E-state index in [1.165, 1.54) is 12.8 Å². The van der Waals surface area contributed by atoms with Gasteiger partial charge in [0.05, 0.1) is 16.7 Å². The second-order valence-corrected chi connectivity index (χ2v) is 17.8. The summed E-state index contributed by atoms with van der Waals surface area (Å²) in [6, 6.07) is 12.0. The standard InChI is InChI=1S/C47H58N8O6S/c56-42(17-11-35-10-8-21-48-32-35)49-22-5-4-9-34-19-24-54(25-20-34)45(59)36-12-16-41(50-33-36)53-28-26-52(27-29-53)23-6-2-1-3-7-30-62-37-13-14-38-39(31-37)47(61)55(46(38)60)40-15-18-43(57)51-44(40)58/h8,10-14,16-17,21,31-34,40H,1-7,9,15,18-20,22-30H2,(H,49,56)(H,51,57,58)/b17-11+. The predicted octanol–water partition coefficient (Wildman–Crippen LogP) is 5.59. The number of fused-ring (bicyclic) bond motifs is 1. The molecule has 3 aromatic rings. The molecular weight excluding hydrogens is 805 g/mol. The summed E-state index contributed by atoms with van der Waals surface area (Å²) >= 11 is 1.67. The number of anilines is 1. The fraction of sp³-hybridized carbons (Fsp3) is 0.489. The second kappa shape index (κ2) is 22.1. The molecule has 0 saturated carbocycles. The molecule has 4 aliphatic heterocycles. The number of rotatable bonds is 19. The Kier molecular flexibility index (Phi) is 15.9. The number of imide groups is 2. The second-order valence-electron chi connectivity index (χ2n) is 16.6. The molecule has 7 rings (SSSR count). The van der Waals surface area contributed by atoms with E-state index in [2.05, 4.69) is 25.4 Å². The van der Waals surface area contributed by atoms with Crippen LogP contribution in [-0.4, -0.2) is 124 Å². The van der Waals surface area contributed by atoms with Crippen molar-refractivity contribution in [3.63, 3.8) is 0 Å². The summed E-state index contributed by atoms with van der Waals surface area (Å²) in [5, 5.41) is 5.19. The molecule has 6 heterocycles. The maximum atomic E-state index is 13.3. The van der Waals surface area contributed by atoms with Crippen LogP contribution in [0.25, 0.3) is 6.08 Å². The third-order valence-electron chi connectivity index (χ3n) is 12.3. The van der Waals surface area contributed by atoms with Gasteiger partial charge in [-0.3, -0.25) is 48.9 Å². The van der Waals surface area contributed by atoms with Crippen molar-refractivity contribution in [1.82, 2.24) is 35.3 Å². The van der Waals surface area contributed by atoms with Crippen LogP contribution in [-0.2, 0) is 14.4 Å². The van der Waals surface area contributed by atoms with Crippen LogP contribution in [0.5, 0.6) is 0 Å². The van der Waals surface area contributed by atoms with Gasteiger partial charge in [-0.25, -0.2) is 4.98 Å². The van der Waals surface area contributed by atoms with Crippen LogP contribution in [0.2, 0.25) is 0 Å². The number of carbonyl (C=O) groups excluding carboxylic acids is 6. The molecule has 62 heavy (non-hydrogen) atoms. The zero-order valence-corrected chi connectivity index (χ0v) is 36.3. The molecule has 15 heteroatoms. The molecule has 328 valence electrons. The molecule has 2 N–H and O–H groups in total. The molecule has 4 aliphatic rings. The topological polar surface area (TPSA) is 165 Å². The smallest absolute Gasteiger partial charge is 0.262 e. The van der Waals surface area contributed by atoms with E-state index in [0.29, 0.717) is 29.2 Å². The van der Waals surface area contributed by atoms with Crippen molar-refractivity contribution in [2.45, 2.75) is 88.0 Å². The van der Waals surface area contributed by atoms with Crippen LogP contribution in [0, 0.1) is 5.92 Å². The van der Waals surface area contributed by atoms with E-state index in [9.17, 15) is 28.8 Å². The first-order chi connectivity index (χ1) is 30.2. The van der Waals surface area contributed by atoms with Gasteiger partial charge in [0, 0.05) is 81.8 Å². The van der Waals surface area contributed by atoms with E-state index in [1.54, 1.807) is 54.6 Å². The van der Waals surface area contributed by atoms with E-state index in [4.69, 9.17) is 4.98 Å². The van der Waals surface area contributed by atoms with Gasteiger partial charge in [-0.1, -0.05) is 38.2 Å². The highest BCUT2D eigenvalue weighted by atomic mass is 32.2. The van der Waals surface area contributed by atoms with Gasteiger partial charge in [-0.05, 0) is 105 Å². The highest BCUT2D eigenvalue weighted by Gasteiger charge is 2.44. The van der Waals surface area contributed by atoms with Crippen LogP contribution >= 0.6 is 11.8 Å². The van der Waals surface area contributed by atoms with Crippen molar-refractivity contribution in [2.24, 2.45) is 5.92 Å². The number of nitrogens with zero attached hydrogens (tertiary/aromatic N) is 6. The van der Waals surface area contributed by atoms with Crippen LogP contribution in [0.1, 0.15) is 114 Å². The van der Waals surface area contributed by atoms with Gasteiger partial charge in [0.1, 0.15) is 11.9 Å². The number of hydrogen-bond donors (Lipinski definition) is 2. The number of benzene rings is 1. The lowest BCUT2D eigenvalue weighted by atomic mass is 9.91. The van der Waals surface area contributed by atoms with Gasteiger partial charge in [0.2, 0.25) is 17.7 Å². The fourth-order valence-electron chi connectivity index (χ4n) is 8.68. The molecule has 3 fully saturated rings. The largest absolute Gasteiger partial charge is 0.354 e. The quantitative estimate of drug-likeness (QED) is 0.0668. The van der Waals surface area contributed by atoms with Crippen molar-refractivity contribution in [3.05, 3.63) is 89.4 Å². The molecule has 0 spiro atoms. The van der Waals surface area contributed by atoms with Gasteiger partial charge >= 0.3 is 0 Å². The lowest BCUT2D eigenvalue weighted by Crippen LogP contribution is -2.54. The van der Waals surface area contributed by atoms with Crippen molar-refractivity contribution in [2.75, 3.05) is 63.0 Å². The first kappa shape index (κ1) is 44.6. The summed E-state index contributed by atoms with van der Waals surface area (Å²) in [4.78, 5) is 92.8. The van der Waals surface area contributed by atoms with Crippen molar-refractivity contribution in [1.29, 1.82) is 0 Å².